The highest BCUT2D eigenvalue weighted by Gasteiger charge is 2.40. The predicted octanol–water partition coefficient (Wildman–Crippen LogP) is 0.787. The van der Waals surface area contributed by atoms with Crippen molar-refractivity contribution in [1.82, 2.24) is 4.57 Å². The second kappa shape index (κ2) is 7.09. The van der Waals surface area contributed by atoms with Crippen LogP contribution in [0.3, 0.4) is 0 Å². The molecule has 2 amide bonds. The largest absolute Gasteiger partial charge is 0.392 e. The molecule has 1 saturated carbocycles. The number of hydrogen-bond donors (Lipinski definition) is 3. The molecule has 0 radical (unpaired) electrons. The first-order valence-electron chi connectivity index (χ1n) is 8.12. The summed E-state index contributed by atoms with van der Waals surface area (Å²) >= 11 is 0. The molecule has 8 heteroatoms. The molecule has 1 heterocycles. The molecule has 1 aromatic heterocycles. The van der Waals surface area contributed by atoms with Crippen molar-refractivity contribution in [1.29, 1.82) is 0 Å². The number of aliphatic hydroxyl groups excluding tert-OH is 1. The topological polar surface area (TPSA) is 114 Å². The van der Waals surface area contributed by atoms with Crippen LogP contribution in [0.5, 0.6) is 0 Å². The number of carbonyl (C=O) groups excluding carboxylic acids is 2. The SMILES string of the molecule is NC(=O)[C@H]1C[C@@H](C(=O)Nc2ccc(-n3ccccc3=O)cc2F)C[C@H]1O. The molecule has 0 spiro atoms. The number of pyridine rings is 1. The van der Waals surface area contributed by atoms with Crippen molar-refractivity contribution in [3.05, 3.63) is 58.8 Å². The molecule has 3 rings (SSSR count). The minimum atomic E-state index is -0.972. The lowest BCUT2D eigenvalue weighted by Crippen LogP contribution is -2.29. The first kappa shape index (κ1) is 17.8. The second-order valence-corrected chi connectivity index (χ2v) is 6.31. The molecule has 0 unspecified atom stereocenters. The van der Waals surface area contributed by atoms with Crippen LogP contribution in [0.2, 0.25) is 0 Å². The Morgan fingerprint density at radius 3 is 2.62 bits per heavy atom. The summed E-state index contributed by atoms with van der Waals surface area (Å²) in [5, 5.41) is 12.3. The Morgan fingerprint density at radius 1 is 1.23 bits per heavy atom. The van der Waals surface area contributed by atoms with Gasteiger partial charge in [0.25, 0.3) is 5.56 Å². The normalized spacial score (nSPS) is 22.2. The molecule has 0 saturated heterocycles. The molecule has 2 aromatic rings. The van der Waals surface area contributed by atoms with Crippen molar-refractivity contribution >= 4 is 17.5 Å². The maximum absolute atomic E-state index is 14.3. The van der Waals surface area contributed by atoms with Crippen LogP contribution < -0.4 is 16.6 Å². The Bertz CT molecular complexity index is 911. The van der Waals surface area contributed by atoms with Gasteiger partial charge in [0.1, 0.15) is 5.82 Å². The van der Waals surface area contributed by atoms with Crippen molar-refractivity contribution in [3.63, 3.8) is 0 Å². The first-order chi connectivity index (χ1) is 12.4. The minimum absolute atomic E-state index is 0.0419. The molecule has 0 aliphatic heterocycles. The van der Waals surface area contributed by atoms with E-state index in [1.165, 1.54) is 29.0 Å². The molecule has 1 aliphatic rings. The van der Waals surface area contributed by atoms with Crippen molar-refractivity contribution in [2.45, 2.75) is 18.9 Å². The van der Waals surface area contributed by atoms with Gasteiger partial charge in [-0.2, -0.15) is 0 Å². The number of rotatable bonds is 4. The Labute approximate surface area is 148 Å². The zero-order chi connectivity index (χ0) is 18.8. The average Bonchev–Trinajstić information content (AvgIpc) is 2.99. The summed E-state index contributed by atoms with van der Waals surface area (Å²) < 4.78 is 15.6. The molecule has 26 heavy (non-hydrogen) atoms. The fraction of sp³-hybridized carbons (Fsp3) is 0.278. The van der Waals surface area contributed by atoms with Crippen molar-refractivity contribution in [3.8, 4) is 5.69 Å². The first-order valence-corrected chi connectivity index (χ1v) is 8.12. The number of primary amides is 1. The van der Waals surface area contributed by atoms with E-state index in [0.717, 1.165) is 6.07 Å². The summed E-state index contributed by atoms with van der Waals surface area (Å²) in [5.41, 5.74) is 5.18. The van der Waals surface area contributed by atoms with Crippen LogP contribution in [0.4, 0.5) is 10.1 Å². The number of carbonyl (C=O) groups is 2. The van der Waals surface area contributed by atoms with Gasteiger partial charge < -0.3 is 16.2 Å². The van der Waals surface area contributed by atoms with Gasteiger partial charge in [-0.05, 0) is 31.0 Å². The maximum Gasteiger partial charge on any atom is 0.255 e. The standard InChI is InChI=1S/C18H18FN3O4/c19-13-9-11(22-6-2-1-3-16(22)24)4-5-14(13)21-18(26)10-7-12(17(20)25)15(23)8-10/h1-6,9-10,12,15,23H,7-8H2,(H2,20,25)(H,21,26)/t10-,12+,15-/m1/s1. The lowest BCUT2D eigenvalue weighted by Gasteiger charge is -2.12. The lowest BCUT2D eigenvalue weighted by atomic mass is 10.0. The monoisotopic (exact) mass is 359 g/mol. The molecular formula is C18H18FN3O4. The van der Waals surface area contributed by atoms with E-state index < -0.39 is 35.6 Å². The van der Waals surface area contributed by atoms with E-state index >= 15 is 0 Å². The van der Waals surface area contributed by atoms with Crippen LogP contribution in [-0.4, -0.2) is 27.6 Å². The van der Waals surface area contributed by atoms with Gasteiger partial charge in [-0.1, -0.05) is 6.07 Å². The Balaban J connectivity index is 1.75. The minimum Gasteiger partial charge on any atom is -0.392 e. The van der Waals surface area contributed by atoms with E-state index in [0.29, 0.717) is 5.69 Å². The molecule has 7 nitrogen and oxygen atoms in total. The van der Waals surface area contributed by atoms with Crippen LogP contribution in [0.1, 0.15) is 12.8 Å². The Kier molecular flexibility index (Phi) is 4.85. The van der Waals surface area contributed by atoms with Gasteiger partial charge in [0, 0.05) is 24.2 Å². The van der Waals surface area contributed by atoms with Gasteiger partial charge in [-0.15, -0.1) is 0 Å². The number of aromatic nitrogens is 1. The number of aliphatic hydroxyl groups is 1. The van der Waals surface area contributed by atoms with Gasteiger partial charge in [-0.3, -0.25) is 19.0 Å². The van der Waals surface area contributed by atoms with E-state index in [1.54, 1.807) is 12.1 Å². The third-order valence-electron chi connectivity index (χ3n) is 4.58. The summed E-state index contributed by atoms with van der Waals surface area (Å²) in [6.07, 6.45) is 0.764. The number of nitrogens with one attached hydrogen (secondary N) is 1. The zero-order valence-corrected chi connectivity index (χ0v) is 13.8. The fourth-order valence-corrected chi connectivity index (χ4v) is 3.17. The van der Waals surface area contributed by atoms with Crippen LogP contribution in [0, 0.1) is 17.7 Å². The highest BCUT2D eigenvalue weighted by atomic mass is 19.1. The molecular weight excluding hydrogens is 341 g/mol. The Morgan fingerprint density at radius 2 is 2.00 bits per heavy atom. The maximum atomic E-state index is 14.3. The van der Waals surface area contributed by atoms with E-state index in [-0.39, 0.29) is 24.1 Å². The number of nitrogens with two attached hydrogens (primary N) is 1. The number of anilines is 1. The van der Waals surface area contributed by atoms with Gasteiger partial charge in [0.2, 0.25) is 11.8 Å². The molecule has 1 aliphatic carbocycles. The van der Waals surface area contributed by atoms with E-state index in [2.05, 4.69) is 5.32 Å². The van der Waals surface area contributed by atoms with Gasteiger partial charge in [0.15, 0.2) is 0 Å². The van der Waals surface area contributed by atoms with Crippen LogP contribution in [-0.2, 0) is 9.59 Å². The van der Waals surface area contributed by atoms with Crippen molar-refractivity contribution in [2.24, 2.45) is 17.6 Å². The summed E-state index contributed by atoms with van der Waals surface area (Å²) in [5.74, 6) is -3.24. The van der Waals surface area contributed by atoms with Crippen LogP contribution in [0.25, 0.3) is 5.69 Å². The number of nitrogens with zero attached hydrogens (tertiary/aromatic N) is 1. The van der Waals surface area contributed by atoms with Crippen molar-refractivity contribution in [2.75, 3.05) is 5.32 Å². The number of halogens is 1. The Hall–Kier alpha value is -3.00. The molecule has 4 N–H and O–H groups in total. The zero-order valence-electron chi connectivity index (χ0n) is 13.8. The molecule has 1 fully saturated rings. The van der Waals surface area contributed by atoms with Crippen molar-refractivity contribution < 1.29 is 19.1 Å². The van der Waals surface area contributed by atoms with Gasteiger partial charge in [0.05, 0.1) is 23.4 Å². The predicted molar refractivity (Wildman–Crippen MR) is 92.0 cm³/mol. The van der Waals surface area contributed by atoms with Crippen LogP contribution in [0.15, 0.2) is 47.4 Å². The molecule has 136 valence electrons. The molecule has 0 bridgehead atoms. The van der Waals surface area contributed by atoms with E-state index in [9.17, 15) is 23.9 Å². The van der Waals surface area contributed by atoms with Crippen LogP contribution >= 0.6 is 0 Å². The quantitative estimate of drug-likeness (QED) is 0.748. The lowest BCUT2D eigenvalue weighted by molar-refractivity contribution is -0.124. The number of hydrogen-bond acceptors (Lipinski definition) is 4. The van der Waals surface area contributed by atoms with E-state index in [4.69, 9.17) is 5.73 Å². The third kappa shape index (κ3) is 3.50. The summed E-state index contributed by atoms with van der Waals surface area (Å²) in [7, 11) is 0. The molecule has 3 atom stereocenters. The third-order valence-corrected chi connectivity index (χ3v) is 4.58. The summed E-state index contributed by atoms with van der Waals surface area (Å²) in [6, 6.07) is 8.60. The van der Waals surface area contributed by atoms with Gasteiger partial charge in [-0.25, -0.2) is 4.39 Å². The summed E-state index contributed by atoms with van der Waals surface area (Å²) in [4.78, 5) is 35.3. The summed E-state index contributed by atoms with van der Waals surface area (Å²) in [6.45, 7) is 0. The fourth-order valence-electron chi connectivity index (χ4n) is 3.17. The van der Waals surface area contributed by atoms with Gasteiger partial charge >= 0.3 is 0 Å². The molecule has 1 aromatic carbocycles. The average molecular weight is 359 g/mol. The highest BCUT2D eigenvalue weighted by molar-refractivity contribution is 5.93. The highest BCUT2D eigenvalue weighted by Crippen LogP contribution is 2.32. The smallest absolute Gasteiger partial charge is 0.255 e. The second-order valence-electron chi connectivity index (χ2n) is 6.31. The number of benzene rings is 1. The number of amides is 2. The van der Waals surface area contributed by atoms with E-state index in [1.807, 2.05) is 0 Å².